The zero-order valence-corrected chi connectivity index (χ0v) is 25.8. The van der Waals surface area contributed by atoms with Crippen molar-refractivity contribution in [2.45, 2.75) is 69.6 Å². The number of nitrogens with zero attached hydrogens (tertiary/aromatic N) is 6. The van der Waals surface area contributed by atoms with Crippen molar-refractivity contribution in [1.29, 1.82) is 0 Å². The van der Waals surface area contributed by atoms with E-state index in [1.54, 1.807) is 0 Å². The fourth-order valence-corrected chi connectivity index (χ4v) is 5.69. The Bertz CT molecular complexity index is 2100. The van der Waals surface area contributed by atoms with E-state index < -0.39 is 65.1 Å². The minimum absolute atomic E-state index is 0.0102. The molecule has 4 aromatic heterocycles. The molecule has 0 aromatic carbocycles. The van der Waals surface area contributed by atoms with Gasteiger partial charge >= 0.3 is 0 Å². The van der Waals surface area contributed by atoms with Gasteiger partial charge in [0.2, 0.25) is 34.9 Å². The van der Waals surface area contributed by atoms with Crippen molar-refractivity contribution in [2.75, 3.05) is 24.2 Å². The highest BCUT2D eigenvalue weighted by Gasteiger charge is 2.65. The SMILES string of the molecule is C#C[C@]1(F)[C@H](n2cnc3c(=O)[nH]c(N)nc32)O[C@](F)(CO)[C@H]1C.[3H]CCNc1nc2c(ncn2[C@@H]2O[C@](F)(CC)[C@@H](C)[C@]2(F)C#C)c(=O)[nH]1. The van der Waals surface area contributed by atoms with Crippen molar-refractivity contribution >= 4 is 34.2 Å². The number of terminal acetylenes is 2. The summed E-state index contributed by atoms with van der Waals surface area (Å²) in [6, 6.07) is 0. The second kappa shape index (κ2) is 11.9. The van der Waals surface area contributed by atoms with Gasteiger partial charge in [-0.1, -0.05) is 32.6 Å². The van der Waals surface area contributed by atoms with E-state index in [4.69, 9.17) is 29.4 Å². The van der Waals surface area contributed by atoms with Crippen LogP contribution in [0.2, 0.25) is 0 Å². The molecule has 0 spiro atoms. The molecule has 2 aliphatic rings. The Hall–Kier alpha value is -4.98. The number of aliphatic hydroxyl groups is 1. The Morgan fingerprint density at radius 2 is 1.48 bits per heavy atom. The van der Waals surface area contributed by atoms with E-state index in [9.17, 15) is 23.5 Å². The Morgan fingerprint density at radius 3 is 1.98 bits per heavy atom. The lowest BCUT2D eigenvalue weighted by atomic mass is 9.86. The number of nitrogens with one attached hydrogen (secondary N) is 3. The molecule has 0 bridgehead atoms. The van der Waals surface area contributed by atoms with Gasteiger partial charge in [0.25, 0.3) is 11.1 Å². The summed E-state index contributed by atoms with van der Waals surface area (Å²) in [5, 5.41) is 12.0. The molecule has 256 valence electrons. The van der Waals surface area contributed by atoms with Crippen LogP contribution in [0.1, 0.15) is 47.9 Å². The zero-order valence-electron chi connectivity index (χ0n) is 26.8. The number of aromatic nitrogens is 8. The summed E-state index contributed by atoms with van der Waals surface area (Å²) in [7, 11) is 0. The predicted molar refractivity (Wildman–Crippen MR) is 164 cm³/mol. The number of rotatable bonds is 6. The molecule has 6 heterocycles. The largest absolute Gasteiger partial charge is 0.390 e. The second-order valence-electron chi connectivity index (χ2n) is 11.2. The van der Waals surface area contributed by atoms with E-state index >= 15 is 8.78 Å². The molecule has 2 aliphatic heterocycles. The Balaban J connectivity index is 0.000000192. The van der Waals surface area contributed by atoms with Gasteiger partial charge in [-0.3, -0.25) is 28.7 Å². The molecule has 2 saturated heterocycles. The van der Waals surface area contributed by atoms with Crippen LogP contribution in [0.5, 0.6) is 0 Å². The van der Waals surface area contributed by atoms with Gasteiger partial charge in [-0.15, -0.1) is 12.8 Å². The molecule has 48 heavy (non-hydrogen) atoms. The van der Waals surface area contributed by atoms with Crippen molar-refractivity contribution in [3.8, 4) is 24.7 Å². The maximum atomic E-state index is 15.5. The first kappa shape index (κ1) is 32.9. The van der Waals surface area contributed by atoms with E-state index in [0.29, 0.717) is 0 Å². The number of nitrogen functional groups attached to an aromatic ring is 1. The summed E-state index contributed by atoms with van der Waals surface area (Å²) >= 11 is 0. The highest BCUT2D eigenvalue weighted by molar-refractivity contribution is 5.71. The van der Waals surface area contributed by atoms with Crippen molar-refractivity contribution in [3.63, 3.8) is 0 Å². The number of hydrogen-bond donors (Lipinski definition) is 5. The van der Waals surface area contributed by atoms with E-state index in [1.165, 1.54) is 20.8 Å². The molecule has 15 nitrogen and oxygen atoms in total. The summed E-state index contributed by atoms with van der Waals surface area (Å²) in [5.74, 6) is -3.88. The number of halogens is 4. The van der Waals surface area contributed by atoms with E-state index in [0.717, 1.165) is 21.8 Å². The Labute approximate surface area is 270 Å². The fourth-order valence-electron chi connectivity index (χ4n) is 5.69. The number of nitrogens with two attached hydrogens (primary N) is 1. The van der Waals surface area contributed by atoms with Crippen molar-refractivity contribution in [3.05, 3.63) is 33.4 Å². The number of alkyl halides is 4. The van der Waals surface area contributed by atoms with E-state index in [1.807, 2.05) is 11.8 Å². The van der Waals surface area contributed by atoms with E-state index in [-0.39, 0.29) is 54.1 Å². The highest BCUT2D eigenvalue weighted by atomic mass is 19.2. The molecule has 0 aliphatic carbocycles. The summed E-state index contributed by atoms with van der Waals surface area (Å²) in [6.45, 7) is 3.30. The normalized spacial score (nSPS) is 33.2. The molecule has 2 fully saturated rings. The smallest absolute Gasteiger partial charge is 0.280 e. The lowest BCUT2D eigenvalue weighted by Crippen LogP contribution is -2.40. The molecule has 0 radical (unpaired) electrons. The van der Waals surface area contributed by atoms with Gasteiger partial charge < -0.3 is 25.6 Å². The van der Waals surface area contributed by atoms with Crippen molar-refractivity contribution in [2.24, 2.45) is 11.8 Å². The first-order valence-electron chi connectivity index (χ1n) is 15.2. The minimum Gasteiger partial charge on any atom is -0.390 e. The third-order valence-electron chi connectivity index (χ3n) is 8.71. The lowest BCUT2D eigenvalue weighted by Gasteiger charge is -2.24. The van der Waals surface area contributed by atoms with Crippen LogP contribution in [-0.4, -0.2) is 80.3 Å². The second-order valence-corrected chi connectivity index (χ2v) is 11.2. The molecule has 6 rings (SSSR count). The van der Waals surface area contributed by atoms with Crippen LogP contribution in [0, 0.1) is 36.5 Å². The topological polar surface area (TPSA) is 204 Å². The molecule has 8 atom stereocenters. The average Bonchev–Trinajstić information content (AvgIpc) is 3.80. The van der Waals surface area contributed by atoms with Gasteiger partial charge in [0.1, 0.15) is 6.61 Å². The number of imidazole rings is 2. The Morgan fingerprint density at radius 1 is 0.979 bits per heavy atom. The molecule has 0 saturated carbocycles. The summed E-state index contributed by atoms with van der Waals surface area (Å²) in [5.41, 5.74) is -1.06. The molecular formula is C29H32F4N10O5. The number of aliphatic hydroxyl groups excluding tert-OH is 1. The van der Waals surface area contributed by atoms with Gasteiger partial charge in [0.15, 0.2) is 34.8 Å². The van der Waals surface area contributed by atoms with Crippen LogP contribution < -0.4 is 22.2 Å². The summed E-state index contributed by atoms with van der Waals surface area (Å²) in [6.07, 6.45) is 9.55. The van der Waals surface area contributed by atoms with Crippen LogP contribution >= 0.6 is 0 Å². The number of anilines is 2. The Kier molecular flexibility index (Phi) is 8.18. The number of aromatic amines is 2. The third kappa shape index (κ3) is 5.05. The highest BCUT2D eigenvalue weighted by Crippen LogP contribution is 2.54. The van der Waals surface area contributed by atoms with Crippen LogP contribution in [-0.2, 0) is 9.47 Å². The standard InChI is InChI=1S/C16H19F2N5O2.C13H13F2N5O3/c1-5-15(17)9(4)16(18,6-2)25-13(15)23-8-20-10-11(23)21-14(19-7-3)22-12(10)24;1-3-12(14)6(2)13(15,4-21)23-10(12)20-5-17-7-8(20)18-11(16)19-9(7)22/h1,8-9,13H,6-7H2,2-4H3,(H2,19,21,22,24);1,5-6,10,21H,4H2,2H3,(H3,16,18,19,22)/t9-,13+,15+,16+;6-,10+,12+,13+/m00/s1/i3T;. The maximum absolute atomic E-state index is 15.5. The van der Waals surface area contributed by atoms with Gasteiger partial charge in [0, 0.05) is 14.3 Å². The molecule has 0 amide bonds. The zero-order chi connectivity index (χ0) is 36.1. The van der Waals surface area contributed by atoms with Crippen molar-refractivity contribution < 1.29 is 33.5 Å². The fraction of sp³-hybridized carbons (Fsp3) is 0.517. The summed E-state index contributed by atoms with van der Waals surface area (Å²) < 4.78 is 79.9. The summed E-state index contributed by atoms with van der Waals surface area (Å²) in [4.78, 5) is 44.4. The first-order valence-corrected chi connectivity index (χ1v) is 14.5. The number of ether oxygens (including phenoxy) is 2. The predicted octanol–water partition coefficient (Wildman–Crippen LogP) is 2.00. The van der Waals surface area contributed by atoms with Crippen molar-refractivity contribution in [1.82, 2.24) is 39.0 Å². The molecule has 0 unspecified atom stereocenters. The monoisotopic (exact) mass is 678 g/mol. The first-order chi connectivity index (χ1) is 23.1. The van der Waals surface area contributed by atoms with Gasteiger partial charge in [-0.2, -0.15) is 9.97 Å². The quantitative estimate of drug-likeness (QED) is 0.147. The molecule has 19 heteroatoms. The van der Waals surface area contributed by atoms with Gasteiger partial charge in [0.05, 0.1) is 24.5 Å². The van der Waals surface area contributed by atoms with Gasteiger partial charge in [-0.25, -0.2) is 27.5 Å². The van der Waals surface area contributed by atoms with E-state index in [2.05, 4.69) is 35.2 Å². The average molecular weight is 679 g/mol. The van der Waals surface area contributed by atoms with Gasteiger partial charge in [-0.05, 0) is 6.90 Å². The number of H-pyrrole nitrogens is 2. The number of hydrogen-bond acceptors (Lipinski definition) is 11. The molecular weight excluding hydrogens is 644 g/mol. The lowest BCUT2D eigenvalue weighted by molar-refractivity contribution is -0.191. The van der Waals surface area contributed by atoms with Crippen LogP contribution in [0.3, 0.4) is 0 Å². The molecule has 6 N–H and O–H groups in total. The molecule has 4 aromatic rings. The van der Waals surface area contributed by atoms with Crippen LogP contribution in [0.4, 0.5) is 29.5 Å². The third-order valence-corrected chi connectivity index (χ3v) is 8.71. The minimum atomic E-state index is -2.69. The maximum Gasteiger partial charge on any atom is 0.280 e. The van der Waals surface area contributed by atoms with Crippen LogP contribution in [0.25, 0.3) is 22.3 Å². The number of fused-ring (bicyclic) bond motifs is 2. The van der Waals surface area contributed by atoms with Crippen LogP contribution in [0.15, 0.2) is 22.2 Å².